The molecule has 6 amide bonds. The molecule has 2 aromatic rings. The largest absolute Gasteiger partial charge is 0.481 e. The number of benzene rings is 2. The van der Waals surface area contributed by atoms with Crippen molar-refractivity contribution in [2.24, 2.45) is 5.92 Å². The van der Waals surface area contributed by atoms with Crippen LogP contribution in [0.3, 0.4) is 0 Å². The molecule has 2 aromatic carbocycles. The topological polar surface area (TPSA) is 290 Å². The fourth-order valence-electron chi connectivity index (χ4n) is 6.64. The van der Waals surface area contributed by atoms with Crippen LogP contribution in [0.15, 0.2) is 95.4 Å². The zero-order valence-corrected chi connectivity index (χ0v) is 38.7. The Morgan fingerprint density at radius 1 is 0.731 bits per heavy atom. The van der Waals surface area contributed by atoms with Crippen molar-refractivity contribution in [3.63, 3.8) is 0 Å². The van der Waals surface area contributed by atoms with Gasteiger partial charge >= 0.3 is 17.9 Å². The van der Waals surface area contributed by atoms with Gasteiger partial charge in [0.1, 0.15) is 24.2 Å². The van der Waals surface area contributed by atoms with Gasteiger partial charge in [0, 0.05) is 66.7 Å². The number of carboxylic acid groups (broad SMARTS) is 3. The predicted molar refractivity (Wildman–Crippen MR) is 251 cm³/mol. The van der Waals surface area contributed by atoms with Crippen molar-refractivity contribution >= 4 is 76.4 Å². The van der Waals surface area contributed by atoms with Crippen molar-refractivity contribution in [2.45, 2.75) is 95.3 Å². The van der Waals surface area contributed by atoms with Gasteiger partial charge in [0.2, 0.25) is 35.4 Å². The summed E-state index contributed by atoms with van der Waals surface area (Å²) in [5.41, 5.74) is 4.22. The molecule has 3 rings (SSSR count). The molecule has 0 saturated carbocycles. The highest BCUT2D eigenvalue weighted by molar-refractivity contribution is 8.03. The summed E-state index contributed by atoms with van der Waals surface area (Å²) in [5.74, 6) is -9.96. The average molecular weight is 946 g/mol. The van der Waals surface area contributed by atoms with Crippen LogP contribution in [0, 0.1) is 12.8 Å². The fraction of sp³-hybridized carbons (Fsp3) is 0.383. The molecule has 0 radical (unpaired) electrons. The summed E-state index contributed by atoms with van der Waals surface area (Å²) in [6.07, 6.45) is 7.80. The third-order valence-electron chi connectivity index (χ3n) is 10.0. The minimum absolute atomic E-state index is 0.00823. The van der Waals surface area contributed by atoms with Gasteiger partial charge in [-0.05, 0) is 61.1 Å². The van der Waals surface area contributed by atoms with E-state index >= 15 is 0 Å². The Bertz CT molecular complexity index is 2240. The third-order valence-corrected chi connectivity index (χ3v) is 11.1. The molecule has 20 heteroatoms. The van der Waals surface area contributed by atoms with Crippen LogP contribution in [0.4, 0.5) is 5.69 Å². The second kappa shape index (κ2) is 27.3. The number of carbonyl (C=O) groups excluding carboxylic acids is 6. The number of thioether (sulfide) groups is 1. The third kappa shape index (κ3) is 19.0. The minimum atomic E-state index is -1.62. The summed E-state index contributed by atoms with van der Waals surface area (Å²) in [6.45, 7) is 10.7. The predicted octanol–water partition coefficient (Wildman–Crippen LogP) is 3.02. The Morgan fingerprint density at radius 3 is 1.99 bits per heavy atom. The first-order chi connectivity index (χ1) is 31.7. The lowest BCUT2D eigenvalue weighted by Crippen LogP contribution is -2.59. The number of nitrogens with zero attached hydrogens (tertiary/aromatic N) is 1. The number of aryl methyl sites for hydroxylation is 1. The van der Waals surface area contributed by atoms with Crippen molar-refractivity contribution in [2.75, 3.05) is 24.5 Å². The van der Waals surface area contributed by atoms with Crippen LogP contribution in [-0.4, -0.2) is 112 Å². The van der Waals surface area contributed by atoms with E-state index in [1.54, 1.807) is 11.8 Å². The number of fused-ring (bicyclic) bond motifs is 1. The molecule has 0 bridgehead atoms. The van der Waals surface area contributed by atoms with Crippen LogP contribution >= 0.6 is 11.8 Å². The lowest BCUT2D eigenvalue weighted by Gasteiger charge is -2.27. The Hall–Kier alpha value is -7.22. The molecule has 4 atom stereocenters. The van der Waals surface area contributed by atoms with Gasteiger partial charge in [0.05, 0.1) is 12.8 Å². The average Bonchev–Trinajstić information content (AvgIpc) is 3.25. The number of carbonyl (C=O) groups is 9. The Morgan fingerprint density at radius 2 is 1.34 bits per heavy atom. The van der Waals surface area contributed by atoms with Crippen LogP contribution in [0.25, 0.3) is 5.57 Å². The van der Waals surface area contributed by atoms with E-state index in [2.05, 4.69) is 62.4 Å². The van der Waals surface area contributed by atoms with Gasteiger partial charge in [0.15, 0.2) is 0 Å². The van der Waals surface area contributed by atoms with Gasteiger partial charge in [-0.3, -0.25) is 43.2 Å². The van der Waals surface area contributed by atoms with Gasteiger partial charge in [-0.2, -0.15) is 0 Å². The Balaban J connectivity index is 1.52. The van der Waals surface area contributed by atoms with E-state index in [1.807, 2.05) is 66.9 Å². The maximum atomic E-state index is 13.5. The van der Waals surface area contributed by atoms with E-state index in [1.165, 1.54) is 19.4 Å². The maximum Gasteiger partial charge on any atom is 0.305 e. The molecule has 0 spiro atoms. The Kier molecular flexibility index (Phi) is 22.1. The number of nitrogens with one attached hydrogen (secondary N) is 6. The number of para-hydroxylation sites is 1. The molecule has 0 aromatic heterocycles. The molecule has 9 N–H and O–H groups in total. The molecule has 19 nitrogen and oxygen atoms in total. The summed E-state index contributed by atoms with van der Waals surface area (Å²) in [7, 11) is 0. The van der Waals surface area contributed by atoms with Crippen LogP contribution in [0.1, 0.15) is 70.4 Å². The van der Waals surface area contributed by atoms with Crippen molar-refractivity contribution in [3.05, 3.63) is 102 Å². The van der Waals surface area contributed by atoms with Gasteiger partial charge < -0.3 is 52.1 Å². The number of carboxylic acids is 3. The van der Waals surface area contributed by atoms with Crippen molar-refractivity contribution in [1.29, 1.82) is 0 Å². The monoisotopic (exact) mass is 945 g/mol. The number of rotatable bonds is 27. The molecule has 67 heavy (non-hydrogen) atoms. The summed E-state index contributed by atoms with van der Waals surface area (Å²) in [6, 6.07) is 9.79. The van der Waals surface area contributed by atoms with Gasteiger partial charge in [-0.25, -0.2) is 0 Å². The molecular weight excluding hydrogens is 887 g/mol. The highest BCUT2D eigenvalue weighted by Crippen LogP contribution is 2.33. The highest BCUT2D eigenvalue weighted by Gasteiger charge is 2.34. The van der Waals surface area contributed by atoms with Crippen molar-refractivity contribution < 1.29 is 58.5 Å². The summed E-state index contributed by atoms with van der Waals surface area (Å²) < 4.78 is 0. The van der Waals surface area contributed by atoms with Crippen molar-refractivity contribution in [3.8, 4) is 0 Å². The molecule has 0 unspecified atom stereocenters. The zero-order valence-electron chi connectivity index (χ0n) is 37.8. The summed E-state index contributed by atoms with van der Waals surface area (Å²) in [4.78, 5) is 116. The van der Waals surface area contributed by atoms with E-state index in [0.717, 1.165) is 33.5 Å². The first-order valence-electron chi connectivity index (χ1n) is 21.5. The van der Waals surface area contributed by atoms with E-state index in [-0.39, 0.29) is 25.4 Å². The lowest BCUT2D eigenvalue weighted by molar-refractivity contribution is -0.142. The van der Waals surface area contributed by atoms with Crippen LogP contribution in [0.5, 0.6) is 0 Å². The quantitative estimate of drug-likeness (QED) is 0.0354. The van der Waals surface area contributed by atoms with Crippen molar-refractivity contribution in [1.82, 2.24) is 31.9 Å². The van der Waals surface area contributed by atoms with E-state index in [0.29, 0.717) is 13.0 Å². The molecule has 0 fully saturated rings. The molecule has 360 valence electrons. The second-order valence-electron chi connectivity index (χ2n) is 15.8. The lowest BCUT2D eigenvalue weighted by atomic mass is 9.99. The Labute approximate surface area is 393 Å². The zero-order chi connectivity index (χ0) is 49.6. The van der Waals surface area contributed by atoms with E-state index in [9.17, 15) is 58.5 Å². The first-order valence-corrected chi connectivity index (χ1v) is 22.3. The normalized spacial score (nSPS) is 14.2. The number of hydrogen-bond acceptors (Lipinski definition) is 11. The van der Waals surface area contributed by atoms with Gasteiger partial charge in [-0.15, -0.1) is 0 Å². The van der Waals surface area contributed by atoms with Crippen LogP contribution in [-0.2, 0) is 43.2 Å². The minimum Gasteiger partial charge on any atom is -0.481 e. The molecule has 1 heterocycles. The number of aliphatic carboxylic acids is 3. The van der Waals surface area contributed by atoms with E-state index in [4.69, 9.17) is 0 Å². The van der Waals surface area contributed by atoms with E-state index < -0.39 is 103 Å². The smallest absolute Gasteiger partial charge is 0.305 e. The highest BCUT2D eigenvalue weighted by atomic mass is 32.2. The molecule has 0 saturated heterocycles. The number of amides is 6. The molecule has 1 aliphatic rings. The second-order valence-corrected chi connectivity index (χ2v) is 17.0. The number of hydrogen-bond donors (Lipinski definition) is 9. The first kappa shape index (κ1) is 54.1. The molecule has 0 aliphatic carbocycles. The van der Waals surface area contributed by atoms with Gasteiger partial charge in [0.25, 0.3) is 0 Å². The fourth-order valence-corrected chi connectivity index (χ4v) is 7.44. The van der Waals surface area contributed by atoms with Crippen LogP contribution < -0.4 is 36.8 Å². The summed E-state index contributed by atoms with van der Waals surface area (Å²) >= 11 is 1.61. The summed E-state index contributed by atoms with van der Waals surface area (Å²) in [5, 5.41) is 42.2. The molecule has 1 aliphatic heterocycles. The molecular formula is C47H59N7O12S. The standard InChI is InChI=1S/C47H59N7O12S/c1-28(2)43(53-45(64)34(19-20-40(57)58)51-46(65)36(27-42(61)62)50-31(5)55)47(66)52-35(26-41(59)60)44(63)49-23-22-48-39(56)18-11-24-54-25-21-32(33-15-7-8-16-37(33)54)14-10-13-30(4)67-38-17-9-6-12-29(38)3/h6-10,12-17,21,25,28,34-36,43H,4,11,18-20,22-24,26-27H2,1-3,5H3,(H,48,56)(H,49,63)(H,50,55)(H,51,65)(H,52,66)(H,53,64)(H,57,58)(H,59,60)(H,61,62)/t34-,35-,36-,43-/m1/s1. The maximum absolute atomic E-state index is 13.5. The number of anilines is 1. The SMILES string of the molecule is C=C(C=CC=C1C=CN(CCCC(=O)NCCNC(=O)[C@@H](CC(=O)O)NC(=O)[C@H](NC(=O)[C@@H](CCC(=O)O)NC(=O)[C@@H](CC(=O)O)NC(C)=O)C(C)C)c2ccccc21)Sc1ccccc1C. The number of allylic oxidation sites excluding steroid dienone is 5. The van der Waals surface area contributed by atoms with Crippen LogP contribution in [0.2, 0.25) is 0 Å². The van der Waals surface area contributed by atoms with Gasteiger partial charge in [-0.1, -0.05) is 80.7 Å².